The molecule has 18 fully saturated rings. The predicted molar refractivity (Wildman–Crippen MR) is 463 cm³/mol. The molecule has 0 aromatic carbocycles. The normalized spacial score (nSPS) is 48.2. The number of fused-ring (bicyclic) bond motifs is 12. The van der Waals surface area contributed by atoms with E-state index in [9.17, 15) is 0 Å². The smallest absolute Gasteiger partial charge is 0.0355 e. The largest absolute Gasteiger partial charge is 0.0651 e. The fraction of sp³-hybridized carbons (Fsp3) is 1.00. The van der Waals surface area contributed by atoms with Crippen LogP contribution in [0.5, 0.6) is 0 Å². The average molecular weight is 1450 g/mol. The summed E-state index contributed by atoms with van der Waals surface area (Å²) in [4.78, 5) is 0. The maximum atomic E-state index is 2.50. The summed E-state index contributed by atoms with van der Waals surface area (Å²) in [6, 6.07) is 0. The van der Waals surface area contributed by atoms with Crippen LogP contribution in [0.3, 0.4) is 0 Å². The minimum atomic E-state index is 1.02. The fourth-order valence-electron chi connectivity index (χ4n) is 31.6. The Labute approximate surface area is 661 Å². The summed E-state index contributed by atoms with van der Waals surface area (Å²) >= 11 is 0. The van der Waals surface area contributed by atoms with Gasteiger partial charge in [0, 0.05) is 0 Å². The Hall–Kier alpha value is 0. The zero-order valence-corrected chi connectivity index (χ0v) is 74.8. The molecule has 0 aromatic rings. The van der Waals surface area contributed by atoms with E-state index < -0.39 is 0 Å². The molecule has 0 N–H and O–H groups in total. The highest BCUT2D eigenvalue weighted by Gasteiger charge is 2.48. The van der Waals surface area contributed by atoms with Gasteiger partial charge in [0.2, 0.25) is 0 Å². The summed E-state index contributed by atoms with van der Waals surface area (Å²) in [5.74, 6) is 39.1. The Kier molecular flexibility index (Phi) is 36.3. The van der Waals surface area contributed by atoms with Crippen molar-refractivity contribution >= 4 is 0 Å². The van der Waals surface area contributed by atoms with E-state index in [0.29, 0.717) is 0 Å². The van der Waals surface area contributed by atoms with Crippen LogP contribution in [-0.4, -0.2) is 0 Å². The van der Waals surface area contributed by atoms with Crippen molar-refractivity contribution in [2.75, 3.05) is 0 Å². The van der Waals surface area contributed by atoms with Crippen molar-refractivity contribution in [3.8, 4) is 0 Å². The first-order valence-electron chi connectivity index (χ1n) is 50.6. The summed E-state index contributed by atoms with van der Waals surface area (Å²) in [6.07, 6.45) is 77.7. The lowest BCUT2D eigenvalue weighted by Gasteiger charge is -2.36. The summed E-state index contributed by atoms with van der Waals surface area (Å²) in [6.45, 7) is 43.7. The molecule has 18 aliphatic rings. The van der Waals surface area contributed by atoms with E-state index in [1.165, 1.54) is 231 Å². The van der Waals surface area contributed by atoms with E-state index in [0.717, 1.165) is 213 Å². The van der Waals surface area contributed by atoms with Crippen LogP contribution in [0.2, 0.25) is 0 Å². The molecule has 612 valence electrons. The van der Waals surface area contributed by atoms with E-state index in [1.807, 2.05) is 0 Å². The molecule has 0 amide bonds. The molecule has 0 spiro atoms. The van der Waals surface area contributed by atoms with Gasteiger partial charge in [-0.2, -0.15) is 0 Å². The van der Waals surface area contributed by atoms with Gasteiger partial charge in [0.25, 0.3) is 0 Å². The molecule has 18 rings (SSSR count). The fourth-order valence-corrected chi connectivity index (χ4v) is 31.6. The number of rotatable bonds is 12. The summed E-state index contributed by atoms with van der Waals surface area (Å²) in [5.41, 5.74) is 0. The lowest BCUT2D eigenvalue weighted by Crippen LogP contribution is -2.24. The molecule has 0 aromatic heterocycles. The molecule has 12 bridgehead atoms. The van der Waals surface area contributed by atoms with Crippen molar-refractivity contribution in [3.05, 3.63) is 0 Å². The van der Waals surface area contributed by atoms with Crippen LogP contribution in [0.4, 0.5) is 0 Å². The van der Waals surface area contributed by atoms with E-state index >= 15 is 0 Å². The van der Waals surface area contributed by atoms with E-state index in [2.05, 4.69) is 125 Å². The Morgan fingerprint density at radius 2 is 0.533 bits per heavy atom. The first-order chi connectivity index (χ1) is 50.6. The van der Waals surface area contributed by atoms with Gasteiger partial charge in [-0.25, -0.2) is 0 Å². The Morgan fingerprint density at radius 3 is 0.838 bits per heavy atom. The molecule has 18 aliphatic carbocycles. The molecule has 0 saturated heterocycles. The Bertz CT molecular complexity index is 2190. The lowest BCUT2D eigenvalue weighted by molar-refractivity contribution is 0.154. The Morgan fingerprint density at radius 1 is 0.190 bits per heavy atom. The molecule has 105 heavy (non-hydrogen) atoms. The second-order valence-corrected chi connectivity index (χ2v) is 45.2. The second kappa shape index (κ2) is 43.6. The van der Waals surface area contributed by atoms with Gasteiger partial charge in [0.05, 0.1) is 0 Å². The third-order valence-corrected chi connectivity index (χ3v) is 38.3. The Balaban J connectivity index is 0.000000127. The van der Waals surface area contributed by atoms with Crippen molar-refractivity contribution < 1.29 is 0 Å². The molecule has 32 unspecified atom stereocenters. The van der Waals surface area contributed by atoms with Crippen molar-refractivity contribution in [1.29, 1.82) is 0 Å². The van der Waals surface area contributed by atoms with Crippen LogP contribution >= 0.6 is 0 Å². The van der Waals surface area contributed by atoms with Crippen LogP contribution in [-0.2, 0) is 0 Å². The average Bonchev–Trinajstić information content (AvgIpc) is 1.68. The standard InChI is InChI=1S/3C15H28.3C11H20.3C9H16/c1-12-5-3-7-14(9-12)11-15-8-4-6-13(2)10-15;1-12-7-3-5-9-14(12)11-15-10-6-4-8-13(15)2;1-12-6-5-8-14(10-12)11-15-9-4-3-7-13(15)2;1-3-9-5-8-6-10(4-2)11(9)7-8;1-3-8-5-11-7-10(8)6-9(11)4-2;1-3-10-8-5-6-9(7-8)11(10)4-2;1-6-3-9-5-8(6)4-7(9)2;1-6-3-8-4-7(2)9(6)5-8;1-6-7(2)9-4-3-8(6)5-9/h3*12-15H,3-11H2,1-2H3;3*8-11H,3-7H2,1-2H3;3*6-9H,3-5H2,1-2H3. The van der Waals surface area contributed by atoms with Gasteiger partial charge < -0.3 is 0 Å². The summed E-state index contributed by atoms with van der Waals surface area (Å²) < 4.78 is 0. The van der Waals surface area contributed by atoms with Crippen LogP contribution in [0.25, 0.3) is 0 Å². The minimum Gasteiger partial charge on any atom is -0.0651 e. The van der Waals surface area contributed by atoms with Gasteiger partial charge in [0.1, 0.15) is 0 Å². The minimum absolute atomic E-state index is 1.02. The van der Waals surface area contributed by atoms with Gasteiger partial charge in [-0.15, -0.1) is 0 Å². The maximum absolute atomic E-state index is 2.50. The highest BCUT2D eigenvalue weighted by molar-refractivity contribution is 4.99. The lowest BCUT2D eigenvalue weighted by atomic mass is 9.70. The second-order valence-electron chi connectivity index (χ2n) is 45.2. The molecule has 0 aliphatic heterocycles. The molecule has 0 radical (unpaired) electrons. The summed E-state index contributed by atoms with van der Waals surface area (Å²) in [5, 5.41) is 0. The van der Waals surface area contributed by atoms with E-state index in [4.69, 9.17) is 0 Å². The SMILES string of the molecule is CC1C2CCC(C2)C1C.CC1CC2CC(C)C1C2.CC1CC2CC1CC2C.CC1CCCC(CC2CCCC(C)C2)C1.CC1CCCC(CC2CCCCC2C)C1.CC1CCCCC1CC1CCCCC1C.CCC1C2CCC(C2)C1CC.CCC1CC2CC(CC)C1C2.CCC1CC2CC1CC2CC. The van der Waals surface area contributed by atoms with Gasteiger partial charge in [0.15, 0.2) is 0 Å². The van der Waals surface area contributed by atoms with Gasteiger partial charge in [-0.3, -0.25) is 0 Å². The number of hydrogen-bond donors (Lipinski definition) is 0. The van der Waals surface area contributed by atoms with Crippen LogP contribution in [0.15, 0.2) is 0 Å². The van der Waals surface area contributed by atoms with Gasteiger partial charge in [-0.05, 0) is 367 Å². The topological polar surface area (TPSA) is 0 Å². The molecule has 0 nitrogen and oxygen atoms in total. The third-order valence-electron chi connectivity index (χ3n) is 38.3. The van der Waals surface area contributed by atoms with E-state index in [1.54, 1.807) is 96.3 Å². The zero-order valence-electron chi connectivity index (χ0n) is 74.8. The first kappa shape index (κ1) is 87.4. The highest BCUT2D eigenvalue weighted by atomic mass is 14.5. The highest BCUT2D eigenvalue weighted by Crippen LogP contribution is 2.58. The molecule has 0 heteroatoms. The quantitative estimate of drug-likeness (QED) is 0.183. The number of hydrogen-bond acceptors (Lipinski definition) is 0. The van der Waals surface area contributed by atoms with E-state index in [-0.39, 0.29) is 0 Å². The molecule has 18 saturated carbocycles. The molecular weight excluding hydrogens is 1260 g/mol. The van der Waals surface area contributed by atoms with Crippen molar-refractivity contribution in [2.45, 2.75) is 452 Å². The van der Waals surface area contributed by atoms with Crippen molar-refractivity contribution in [3.63, 3.8) is 0 Å². The van der Waals surface area contributed by atoms with Crippen LogP contribution in [0.1, 0.15) is 452 Å². The zero-order chi connectivity index (χ0) is 74.8. The molecule has 0 heterocycles. The predicted octanol–water partition coefficient (Wildman–Crippen LogP) is 33.6. The van der Waals surface area contributed by atoms with Gasteiger partial charge in [-0.1, -0.05) is 298 Å². The first-order valence-corrected chi connectivity index (χ1v) is 50.6. The maximum Gasteiger partial charge on any atom is -0.0355 e. The third kappa shape index (κ3) is 24.8. The summed E-state index contributed by atoms with van der Waals surface area (Å²) in [7, 11) is 0. The molecule has 32 atom stereocenters. The van der Waals surface area contributed by atoms with Gasteiger partial charge >= 0.3 is 0 Å². The van der Waals surface area contributed by atoms with Crippen molar-refractivity contribution in [1.82, 2.24) is 0 Å². The van der Waals surface area contributed by atoms with Crippen molar-refractivity contribution in [2.24, 2.45) is 213 Å². The van der Waals surface area contributed by atoms with Crippen LogP contribution in [0, 0.1) is 213 Å². The molecular formula is C105H192. The van der Waals surface area contributed by atoms with Crippen LogP contribution < -0.4 is 0 Å². The monoisotopic (exact) mass is 1450 g/mol.